The van der Waals surface area contributed by atoms with Gasteiger partial charge in [0.2, 0.25) is 0 Å². The van der Waals surface area contributed by atoms with Gasteiger partial charge in [-0.3, -0.25) is 9.13 Å². The fourth-order valence-electron chi connectivity index (χ4n) is 10.3. The van der Waals surface area contributed by atoms with E-state index < -0.39 is 0 Å². The largest absolute Gasteiger partial charge is 0.497 e. The molecule has 0 unspecified atom stereocenters. The quantitative estimate of drug-likeness (QED) is 0.143. The average Bonchev–Trinajstić information content (AvgIpc) is 3.85. The van der Waals surface area contributed by atoms with Crippen LogP contribution in [0.2, 0.25) is 0 Å². The van der Waals surface area contributed by atoms with Crippen LogP contribution in [0.5, 0.6) is 11.5 Å². The highest BCUT2D eigenvalue weighted by atomic mass is 79.9. The van der Waals surface area contributed by atoms with Crippen LogP contribution in [0, 0.1) is 0 Å². The topological polar surface area (TPSA) is 130 Å². The Morgan fingerprint density at radius 3 is 1.59 bits per heavy atom. The highest BCUT2D eigenvalue weighted by molar-refractivity contribution is 9.10. The lowest BCUT2D eigenvalue weighted by Gasteiger charge is -2.39. The summed E-state index contributed by atoms with van der Waals surface area (Å²) in [6.07, 6.45) is 10.7. The zero-order valence-corrected chi connectivity index (χ0v) is 40.2. The van der Waals surface area contributed by atoms with Gasteiger partial charge >= 0.3 is 0 Å². The summed E-state index contributed by atoms with van der Waals surface area (Å²) in [5.41, 5.74) is 21.2. The summed E-state index contributed by atoms with van der Waals surface area (Å²) < 4.78 is 16.5. The second kappa shape index (κ2) is 16.9. The molecule has 2 saturated carbocycles. The molecule has 0 saturated heterocycles. The standard InChI is InChI=1S/C32H29N5O2.C25H21BrN4/c1-38-23-17-21(18-24(19-23)39-2)28-29(20-10-12-22(13-11-20)32(33)14-6-15-32)37-27-9-5-16-34-30(27)35-26-8-4-3-7-25(26)31(37)36-28;1-25(13-5-14-25)17-11-9-16(10-12-17)21-22(26)29-24-18-6-2-3-7-19(18)28-23-20(30(21)24)8-4-15-27-23/h3-5,7-13,16-19H,6,14-15,33H2,1-2H3,(H,34,35);2-4,6-12,15H,5,13-14H2,1H3,(H,27,28). The molecule has 4 aliphatic rings. The maximum atomic E-state index is 6.66. The van der Waals surface area contributed by atoms with Gasteiger partial charge in [-0.1, -0.05) is 86.1 Å². The van der Waals surface area contributed by atoms with Crippen molar-refractivity contribution < 1.29 is 9.47 Å². The van der Waals surface area contributed by atoms with Crippen LogP contribution >= 0.6 is 15.9 Å². The number of nitrogens with zero attached hydrogens (tertiary/aromatic N) is 6. The van der Waals surface area contributed by atoms with Crippen LogP contribution in [-0.4, -0.2) is 43.3 Å². The van der Waals surface area contributed by atoms with E-state index >= 15 is 0 Å². The summed E-state index contributed by atoms with van der Waals surface area (Å²) in [5.74, 6) is 4.73. The van der Waals surface area contributed by atoms with Gasteiger partial charge in [0.25, 0.3) is 0 Å². The molecule has 69 heavy (non-hydrogen) atoms. The first-order valence-corrected chi connectivity index (χ1v) is 24.3. The number of fused-ring (bicyclic) bond motifs is 10. The van der Waals surface area contributed by atoms with Gasteiger partial charge in [-0.15, -0.1) is 0 Å². The van der Waals surface area contributed by atoms with Gasteiger partial charge in [-0.25, -0.2) is 19.9 Å². The number of anilines is 4. The van der Waals surface area contributed by atoms with Gasteiger partial charge in [-0.05, 0) is 125 Å². The molecule has 0 bridgehead atoms. The lowest BCUT2D eigenvalue weighted by molar-refractivity contribution is 0.253. The van der Waals surface area contributed by atoms with Crippen LogP contribution in [0.15, 0.2) is 157 Å². The molecule has 0 amide bonds. The number of pyridine rings is 2. The number of halogens is 1. The first-order chi connectivity index (χ1) is 33.7. The molecular formula is C57H50BrN9O2. The number of para-hydroxylation sites is 2. The molecule has 6 heterocycles. The third-order valence-electron chi connectivity index (χ3n) is 14.5. The molecule has 9 aromatic rings. The van der Waals surface area contributed by atoms with E-state index in [4.69, 9.17) is 30.2 Å². The van der Waals surface area contributed by atoms with Crippen molar-refractivity contribution in [3.05, 3.63) is 168 Å². The summed E-state index contributed by atoms with van der Waals surface area (Å²) in [6.45, 7) is 2.37. The van der Waals surface area contributed by atoms with E-state index in [1.54, 1.807) is 20.4 Å². The molecule has 2 fully saturated rings. The van der Waals surface area contributed by atoms with Gasteiger partial charge in [0.05, 0.1) is 54.1 Å². The number of aromatic nitrogens is 6. The number of methoxy groups -OCH3 is 2. The fourth-order valence-corrected chi connectivity index (χ4v) is 10.9. The molecule has 0 radical (unpaired) electrons. The molecule has 0 atom stereocenters. The average molecular weight is 973 g/mol. The van der Waals surface area contributed by atoms with Crippen molar-refractivity contribution in [3.63, 3.8) is 0 Å². The van der Waals surface area contributed by atoms with Crippen LogP contribution in [0.25, 0.3) is 67.9 Å². The molecule has 2 aliphatic heterocycles. The summed E-state index contributed by atoms with van der Waals surface area (Å²) in [4.78, 5) is 19.6. The molecule has 13 rings (SSSR count). The Hall–Kier alpha value is -7.54. The third-order valence-corrected chi connectivity index (χ3v) is 15.1. The first-order valence-electron chi connectivity index (χ1n) is 23.5. The van der Waals surface area contributed by atoms with Crippen LogP contribution in [-0.2, 0) is 11.0 Å². The molecule has 12 heteroatoms. The molecule has 2 aliphatic carbocycles. The van der Waals surface area contributed by atoms with Gasteiger partial charge in [0.1, 0.15) is 27.8 Å². The SMILES string of the molecule is CC1(c2ccc(-c3c(Br)nc4n3-c3cccnc3Nc3ccccc3-4)cc2)CCC1.COc1cc(OC)cc(-c2nc3n(c2-c2ccc(C4(N)CCC4)cc2)-c2cccnc2Nc2ccccc2-3)c1. The minimum atomic E-state index is -0.227. The highest BCUT2D eigenvalue weighted by Gasteiger charge is 2.36. The Morgan fingerprint density at radius 2 is 1.07 bits per heavy atom. The van der Waals surface area contributed by atoms with E-state index in [-0.39, 0.29) is 5.54 Å². The predicted octanol–water partition coefficient (Wildman–Crippen LogP) is 13.5. The molecule has 4 N–H and O–H groups in total. The number of imidazole rings is 2. The summed E-state index contributed by atoms with van der Waals surface area (Å²) in [5, 5.41) is 7.02. The van der Waals surface area contributed by atoms with Crippen LogP contribution in [0.3, 0.4) is 0 Å². The molecular weight excluding hydrogens is 923 g/mol. The summed E-state index contributed by atoms with van der Waals surface area (Å²) in [7, 11) is 3.32. The lowest BCUT2D eigenvalue weighted by atomic mass is 9.66. The van der Waals surface area contributed by atoms with Crippen molar-refractivity contribution in [1.82, 2.24) is 29.1 Å². The van der Waals surface area contributed by atoms with Gasteiger partial charge in [0, 0.05) is 51.8 Å². The van der Waals surface area contributed by atoms with Gasteiger partial charge in [0.15, 0.2) is 11.6 Å². The highest BCUT2D eigenvalue weighted by Crippen LogP contribution is 2.48. The number of nitrogens with one attached hydrogen (secondary N) is 2. The fraction of sp³-hybridized carbons (Fsp3) is 0.193. The van der Waals surface area contributed by atoms with Crippen LogP contribution in [0.1, 0.15) is 56.6 Å². The van der Waals surface area contributed by atoms with Gasteiger partial charge < -0.3 is 25.8 Å². The predicted molar refractivity (Wildman–Crippen MR) is 278 cm³/mol. The molecule has 11 nitrogen and oxygen atoms in total. The summed E-state index contributed by atoms with van der Waals surface area (Å²) >= 11 is 3.75. The molecule has 4 aromatic heterocycles. The zero-order chi connectivity index (χ0) is 46.9. The number of hydrogen-bond acceptors (Lipinski definition) is 9. The number of hydrogen-bond donors (Lipinski definition) is 3. The van der Waals surface area contributed by atoms with E-state index in [0.29, 0.717) is 16.9 Å². The van der Waals surface area contributed by atoms with E-state index in [9.17, 15) is 0 Å². The van der Waals surface area contributed by atoms with Crippen molar-refractivity contribution in [2.24, 2.45) is 5.73 Å². The Bertz CT molecular complexity index is 3400. The van der Waals surface area contributed by atoms with Crippen LogP contribution < -0.4 is 25.8 Å². The number of rotatable bonds is 7. The van der Waals surface area contributed by atoms with Gasteiger partial charge in [-0.2, -0.15) is 0 Å². The Labute approximate surface area is 409 Å². The lowest BCUT2D eigenvalue weighted by Crippen LogP contribution is -2.43. The minimum absolute atomic E-state index is 0.227. The maximum absolute atomic E-state index is 6.66. The Balaban J connectivity index is 0.000000148. The monoisotopic (exact) mass is 971 g/mol. The van der Waals surface area contributed by atoms with Crippen molar-refractivity contribution >= 4 is 38.9 Å². The van der Waals surface area contributed by atoms with Crippen molar-refractivity contribution in [1.29, 1.82) is 0 Å². The first kappa shape index (κ1) is 42.8. The van der Waals surface area contributed by atoms with Crippen molar-refractivity contribution in [2.45, 2.75) is 56.4 Å². The zero-order valence-electron chi connectivity index (χ0n) is 38.6. The molecule has 342 valence electrons. The smallest absolute Gasteiger partial charge is 0.154 e. The van der Waals surface area contributed by atoms with E-state index in [0.717, 1.165) is 108 Å². The third kappa shape index (κ3) is 7.28. The van der Waals surface area contributed by atoms with E-state index in [1.165, 1.54) is 36.8 Å². The number of nitrogens with two attached hydrogens (primary N) is 1. The second-order valence-corrected chi connectivity index (χ2v) is 19.4. The number of ether oxygens (including phenoxy) is 2. The molecule has 5 aromatic carbocycles. The summed E-state index contributed by atoms with van der Waals surface area (Å²) in [6, 6.07) is 48.1. The van der Waals surface area contributed by atoms with Crippen LogP contribution in [0.4, 0.5) is 23.0 Å². The maximum Gasteiger partial charge on any atom is 0.154 e. The molecule has 0 spiro atoms. The number of benzene rings is 5. The van der Waals surface area contributed by atoms with E-state index in [2.05, 4.69) is 133 Å². The van der Waals surface area contributed by atoms with E-state index in [1.807, 2.05) is 60.8 Å². The Kier molecular flexibility index (Phi) is 10.5. The minimum Gasteiger partial charge on any atom is -0.497 e. The van der Waals surface area contributed by atoms with Crippen molar-refractivity contribution in [2.75, 3.05) is 24.9 Å². The Morgan fingerprint density at radius 1 is 0.565 bits per heavy atom. The second-order valence-electron chi connectivity index (χ2n) is 18.6. The normalized spacial score (nSPS) is 15.1. The van der Waals surface area contributed by atoms with Crippen molar-refractivity contribution in [3.8, 4) is 79.4 Å².